The van der Waals surface area contributed by atoms with Crippen molar-refractivity contribution in [3.05, 3.63) is 88.5 Å². The van der Waals surface area contributed by atoms with Crippen molar-refractivity contribution in [3.8, 4) is 11.5 Å². The number of carbonyl (C=O) groups excluding carboxylic acids is 1. The molecule has 3 rings (SSSR count). The Kier molecular flexibility index (Phi) is 6.74. The molecular formula is C22H21N3O6S. The summed E-state index contributed by atoms with van der Waals surface area (Å²) in [6.07, 6.45) is 0.993. The van der Waals surface area contributed by atoms with Crippen LogP contribution < -0.4 is 14.4 Å². The smallest absolute Gasteiger partial charge is 0.271 e. The zero-order valence-electron chi connectivity index (χ0n) is 17.4. The van der Waals surface area contributed by atoms with E-state index in [0.717, 1.165) is 10.6 Å². The lowest BCUT2D eigenvalue weighted by Gasteiger charge is -2.22. The highest BCUT2D eigenvalue weighted by Gasteiger charge is 2.22. The topological polar surface area (TPSA) is 119 Å². The van der Waals surface area contributed by atoms with E-state index in [9.17, 15) is 23.3 Å². The molecule has 0 atom stereocenters. The Morgan fingerprint density at radius 3 is 2.25 bits per heavy atom. The highest BCUT2D eigenvalue weighted by atomic mass is 32.2. The molecule has 3 aromatic rings. The molecule has 0 saturated carbocycles. The van der Waals surface area contributed by atoms with Crippen molar-refractivity contribution in [1.82, 2.24) is 0 Å². The number of benzene rings is 3. The van der Waals surface area contributed by atoms with Crippen molar-refractivity contribution < 1.29 is 22.9 Å². The van der Waals surface area contributed by atoms with Gasteiger partial charge in [0.1, 0.15) is 18.0 Å². The van der Waals surface area contributed by atoms with E-state index < -0.39 is 27.4 Å². The molecule has 0 fully saturated rings. The molecule has 166 valence electrons. The van der Waals surface area contributed by atoms with Crippen molar-refractivity contribution in [2.75, 3.05) is 22.4 Å². The molecule has 0 aliphatic heterocycles. The number of nitrogens with one attached hydrogen (secondary N) is 1. The molecule has 0 aromatic heterocycles. The summed E-state index contributed by atoms with van der Waals surface area (Å²) in [5.74, 6) is 0.501. The van der Waals surface area contributed by atoms with Gasteiger partial charge >= 0.3 is 0 Å². The Balaban J connectivity index is 1.77. The molecule has 3 aromatic carbocycles. The van der Waals surface area contributed by atoms with Crippen LogP contribution in [0.15, 0.2) is 72.8 Å². The summed E-state index contributed by atoms with van der Waals surface area (Å²) in [4.78, 5) is 23.0. The van der Waals surface area contributed by atoms with Crippen LogP contribution in [0.4, 0.5) is 17.1 Å². The van der Waals surface area contributed by atoms with Crippen LogP contribution in [0.1, 0.15) is 5.56 Å². The van der Waals surface area contributed by atoms with E-state index in [1.165, 1.54) is 30.3 Å². The second kappa shape index (κ2) is 9.48. The van der Waals surface area contributed by atoms with Crippen LogP contribution in [-0.4, -0.2) is 32.0 Å². The highest BCUT2D eigenvalue weighted by Crippen LogP contribution is 2.26. The fourth-order valence-corrected chi connectivity index (χ4v) is 3.74. The number of amides is 1. The van der Waals surface area contributed by atoms with E-state index in [0.29, 0.717) is 17.1 Å². The quantitative estimate of drug-likeness (QED) is 0.403. The normalized spacial score (nSPS) is 10.9. The van der Waals surface area contributed by atoms with Gasteiger partial charge in [-0.2, -0.15) is 0 Å². The number of nitrogens with zero attached hydrogens (tertiary/aromatic N) is 2. The van der Waals surface area contributed by atoms with Crippen LogP contribution >= 0.6 is 0 Å². The number of ether oxygens (including phenoxy) is 1. The van der Waals surface area contributed by atoms with Crippen molar-refractivity contribution in [2.24, 2.45) is 0 Å². The van der Waals surface area contributed by atoms with Gasteiger partial charge in [0.15, 0.2) is 0 Å². The summed E-state index contributed by atoms with van der Waals surface area (Å²) in [7, 11) is -3.79. The first kappa shape index (κ1) is 22.8. The molecule has 0 unspecified atom stereocenters. The van der Waals surface area contributed by atoms with Crippen LogP contribution in [0.25, 0.3) is 0 Å². The fraction of sp³-hybridized carbons (Fsp3) is 0.136. The van der Waals surface area contributed by atoms with E-state index in [-0.39, 0.29) is 17.1 Å². The molecule has 0 spiro atoms. The maximum Gasteiger partial charge on any atom is 0.271 e. The van der Waals surface area contributed by atoms with Gasteiger partial charge in [0, 0.05) is 12.1 Å². The lowest BCUT2D eigenvalue weighted by Crippen LogP contribution is -2.37. The Morgan fingerprint density at radius 2 is 1.66 bits per heavy atom. The highest BCUT2D eigenvalue weighted by molar-refractivity contribution is 7.92. The predicted octanol–water partition coefficient (Wildman–Crippen LogP) is 4.10. The molecule has 9 nitrogen and oxygen atoms in total. The monoisotopic (exact) mass is 455 g/mol. The summed E-state index contributed by atoms with van der Waals surface area (Å²) in [6.45, 7) is 1.18. The second-order valence-corrected chi connectivity index (χ2v) is 8.89. The minimum atomic E-state index is -3.79. The largest absolute Gasteiger partial charge is 0.457 e. The van der Waals surface area contributed by atoms with Gasteiger partial charge in [-0.25, -0.2) is 8.42 Å². The standard InChI is InChI=1S/C22H21N3O6S/c1-16-8-9-18(25(27)28)14-21(16)23-22(26)15-24(32(2,29)30)17-10-12-20(13-11-17)31-19-6-4-3-5-7-19/h3-14H,15H2,1-2H3,(H,23,26). The van der Waals surface area contributed by atoms with Crippen LogP contribution in [-0.2, 0) is 14.8 Å². The zero-order valence-corrected chi connectivity index (χ0v) is 18.2. The molecule has 0 bridgehead atoms. The summed E-state index contributed by atoms with van der Waals surface area (Å²) in [5.41, 5.74) is 0.945. The summed E-state index contributed by atoms with van der Waals surface area (Å²) in [5, 5.41) is 13.5. The van der Waals surface area contributed by atoms with Gasteiger partial charge in [-0.1, -0.05) is 24.3 Å². The SMILES string of the molecule is Cc1ccc([N+](=O)[O-])cc1NC(=O)CN(c1ccc(Oc2ccccc2)cc1)S(C)(=O)=O. The Hall–Kier alpha value is -3.92. The van der Waals surface area contributed by atoms with E-state index >= 15 is 0 Å². The van der Waals surface area contributed by atoms with Crippen LogP contribution in [0.5, 0.6) is 11.5 Å². The van der Waals surface area contributed by atoms with Gasteiger partial charge in [0.2, 0.25) is 15.9 Å². The third-order valence-electron chi connectivity index (χ3n) is 4.50. The number of hydrogen-bond donors (Lipinski definition) is 1. The number of rotatable bonds is 8. The average molecular weight is 455 g/mol. The van der Waals surface area contributed by atoms with Crippen molar-refractivity contribution in [3.63, 3.8) is 0 Å². The van der Waals surface area contributed by atoms with Gasteiger partial charge in [-0.3, -0.25) is 19.2 Å². The van der Waals surface area contributed by atoms with Crippen LogP contribution in [0, 0.1) is 17.0 Å². The molecule has 0 radical (unpaired) electrons. The predicted molar refractivity (Wildman–Crippen MR) is 122 cm³/mol. The number of nitro benzene ring substituents is 1. The Morgan fingerprint density at radius 1 is 1.03 bits per heavy atom. The van der Waals surface area contributed by atoms with Crippen molar-refractivity contribution >= 4 is 33.0 Å². The molecule has 0 aliphatic rings. The molecule has 32 heavy (non-hydrogen) atoms. The lowest BCUT2D eigenvalue weighted by molar-refractivity contribution is -0.384. The van der Waals surface area contributed by atoms with Gasteiger partial charge < -0.3 is 10.1 Å². The lowest BCUT2D eigenvalue weighted by atomic mass is 10.2. The second-order valence-electron chi connectivity index (χ2n) is 6.98. The molecule has 1 amide bonds. The summed E-state index contributed by atoms with van der Waals surface area (Å²) < 4.78 is 31.3. The molecular weight excluding hydrogens is 434 g/mol. The number of anilines is 2. The molecule has 0 heterocycles. The number of carbonyl (C=O) groups is 1. The number of para-hydroxylation sites is 1. The van der Waals surface area contributed by atoms with Gasteiger partial charge in [-0.05, 0) is 48.9 Å². The van der Waals surface area contributed by atoms with Gasteiger partial charge in [0.05, 0.1) is 22.6 Å². The first-order valence-electron chi connectivity index (χ1n) is 9.49. The first-order valence-corrected chi connectivity index (χ1v) is 11.3. The number of sulfonamides is 1. The number of non-ortho nitro benzene ring substituents is 1. The van der Waals surface area contributed by atoms with E-state index in [1.807, 2.05) is 18.2 Å². The Labute approximate surface area is 185 Å². The zero-order chi connectivity index (χ0) is 23.3. The first-order chi connectivity index (χ1) is 15.1. The maximum atomic E-state index is 12.6. The third-order valence-corrected chi connectivity index (χ3v) is 5.64. The summed E-state index contributed by atoms with van der Waals surface area (Å²) >= 11 is 0. The van der Waals surface area contributed by atoms with Crippen molar-refractivity contribution in [1.29, 1.82) is 0 Å². The number of nitro groups is 1. The Bertz CT molecular complexity index is 1230. The average Bonchev–Trinajstić information content (AvgIpc) is 2.74. The van der Waals surface area contributed by atoms with E-state index in [4.69, 9.17) is 4.74 Å². The van der Waals surface area contributed by atoms with E-state index in [2.05, 4.69) is 5.32 Å². The molecule has 0 saturated heterocycles. The van der Waals surface area contributed by atoms with Gasteiger partial charge in [0.25, 0.3) is 5.69 Å². The minimum absolute atomic E-state index is 0.181. The fourth-order valence-electron chi connectivity index (χ4n) is 2.88. The van der Waals surface area contributed by atoms with E-state index in [1.54, 1.807) is 31.2 Å². The van der Waals surface area contributed by atoms with Crippen LogP contribution in [0.3, 0.4) is 0 Å². The number of hydrogen-bond acceptors (Lipinski definition) is 6. The minimum Gasteiger partial charge on any atom is -0.457 e. The van der Waals surface area contributed by atoms with Crippen LogP contribution in [0.2, 0.25) is 0 Å². The van der Waals surface area contributed by atoms with Crippen molar-refractivity contribution in [2.45, 2.75) is 6.92 Å². The summed E-state index contributed by atoms with van der Waals surface area (Å²) in [6, 6.07) is 19.4. The molecule has 0 aliphatic carbocycles. The number of aryl methyl sites for hydroxylation is 1. The van der Waals surface area contributed by atoms with Gasteiger partial charge in [-0.15, -0.1) is 0 Å². The molecule has 10 heteroatoms. The maximum absolute atomic E-state index is 12.6. The molecule has 1 N–H and O–H groups in total. The third kappa shape index (κ3) is 5.82.